The van der Waals surface area contributed by atoms with Crippen LogP contribution in [-0.2, 0) is 0 Å². The van der Waals surface area contributed by atoms with Crippen molar-refractivity contribution in [1.29, 1.82) is 0 Å². The highest BCUT2D eigenvalue weighted by Gasteiger charge is 2.25. The molecule has 0 bridgehead atoms. The molecule has 144 valence electrons. The zero-order chi connectivity index (χ0) is 19.3. The first-order valence-electron chi connectivity index (χ1n) is 9.23. The van der Waals surface area contributed by atoms with E-state index >= 15 is 0 Å². The van der Waals surface area contributed by atoms with Crippen molar-refractivity contribution in [2.45, 2.75) is 26.2 Å². The molecule has 0 N–H and O–H groups in total. The van der Waals surface area contributed by atoms with E-state index in [-0.39, 0.29) is 11.6 Å². The molecule has 7 heteroatoms. The molecular weight excluding hydrogens is 332 g/mol. The molecule has 1 heterocycles. The van der Waals surface area contributed by atoms with E-state index in [1.165, 1.54) is 12.1 Å². The number of nitro groups is 1. The monoisotopic (exact) mass is 362 g/mol. The summed E-state index contributed by atoms with van der Waals surface area (Å²) in [6.07, 6.45) is 3.01. The van der Waals surface area contributed by atoms with Gasteiger partial charge in [0, 0.05) is 38.8 Å². The Kier molecular flexibility index (Phi) is 6.97. The van der Waals surface area contributed by atoms with E-state index in [1.54, 1.807) is 18.0 Å². The SMILES string of the molecule is CC1CCN(c2ccc([N+](=O)[O-])cc2C(=O)N(C)CCCN(C)C)CC1. The summed E-state index contributed by atoms with van der Waals surface area (Å²) in [7, 11) is 5.76. The fourth-order valence-corrected chi connectivity index (χ4v) is 3.27. The van der Waals surface area contributed by atoms with Gasteiger partial charge >= 0.3 is 0 Å². The Hall–Kier alpha value is -2.15. The molecule has 0 spiro atoms. The lowest BCUT2D eigenvalue weighted by atomic mass is 9.97. The number of carbonyl (C=O) groups is 1. The zero-order valence-electron chi connectivity index (χ0n) is 16.3. The molecule has 1 fully saturated rings. The Morgan fingerprint density at radius 3 is 2.46 bits per heavy atom. The summed E-state index contributed by atoms with van der Waals surface area (Å²) >= 11 is 0. The summed E-state index contributed by atoms with van der Waals surface area (Å²) in [6, 6.07) is 4.66. The highest BCUT2D eigenvalue weighted by atomic mass is 16.6. The quantitative estimate of drug-likeness (QED) is 0.551. The van der Waals surface area contributed by atoms with Crippen molar-refractivity contribution in [1.82, 2.24) is 9.80 Å². The standard InChI is InChI=1S/C19H30N4O3/c1-15-8-12-22(13-9-15)18-7-6-16(23(25)26)14-17(18)19(24)21(4)11-5-10-20(2)3/h6-7,14-15H,5,8-13H2,1-4H3. The Morgan fingerprint density at radius 1 is 1.23 bits per heavy atom. The molecule has 1 aromatic rings. The Morgan fingerprint density at radius 2 is 1.88 bits per heavy atom. The number of carbonyl (C=O) groups excluding carboxylic acids is 1. The molecule has 2 rings (SSSR count). The smallest absolute Gasteiger partial charge is 0.270 e. The molecule has 0 aromatic heterocycles. The fourth-order valence-electron chi connectivity index (χ4n) is 3.27. The second-order valence-corrected chi connectivity index (χ2v) is 7.51. The van der Waals surface area contributed by atoms with Crippen LogP contribution in [0.5, 0.6) is 0 Å². The van der Waals surface area contributed by atoms with Gasteiger partial charge in [0.1, 0.15) is 0 Å². The van der Waals surface area contributed by atoms with E-state index in [0.717, 1.165) is 44.6 Å². The summed E-state index contributed by atoms with van der Waals surface area (Å²) < 4.78 is 0. The highest BCUT2D eigenvalue weighted by molar-refractivity contribution is 6.00. The minimum atomic E-state index is -0.440. The van der Waals surface area contributed by atoms with Crippen molar-refractivity contribution in [3.63, 3.8) is 0 Å². The third-order valence-corrected chi connectivity index (χ3v) is 4.99. The van der Waals surface area contributed by atoms with Gasteiger partial charge in [0.25, 0.3) is 11.6 Å². The molecule has 0 radical (unpaired) electrons. The van der Waals surface area contributed by atoms with Crippen molar-refractivity contribution < 1.29 is 9.72 Å². The molecule has 0 aliphatic carbocycles. The maximum absolute atomic E-state index is 13.0. The second kappa shape index (κ2) is 8.98. The number of anilines is 1. The summed E-state index contributed by atoms with van der Waals surface area (Å²) in [5.74, 6) is 0.526. The third kappa shape index (κ3) is 5.17. The maximum Gasteiger partial charge on any atom is 0.270 e. The van der Waals surface area contributed by atoms with Crippen LogP contribution in [0.15, 0.2) is 18.2 Å². The van der Waals surface area contributed by atoms with Gasteiger partial charge in [-0.1, -0.05) is 6.92 Å². The summed E-state index contributed by atoms with van der Waals surface area (Å²) in [4.78, 5) is 29.7. The average Bonchev–Trinajstić information content (AvgIpc) is 2.60. The molecule has 7 nitrogen and oxygen atoms in total. The van der Waals surface area contributed by atoms with E-state index < -0.39 is 4.92 Å². The van der Waals surface area contributed by atoms with Crippen LogP contribution in [0.25, 0.3) is 0 Å². The van der Waals surface area contributed by atoms with Crippen molar-refractivity contribution in [3.05, 3.63) is 33.9 Å². The number of nitrogens with zero attached hydrogens (tertiary/aromatic N) is 4. The Labute approximate surface area is 155 Å². The van der Waals surface area contributed by atoms with Gasteiger partial charge in [0.2, 0.25) is 0 Å². The van der Waals surface area contributed by atoms with E-state index in [1.807, 2.05) is 14.1 Å². The lowest BCUT2D eigenvalue weighted by Crippen LogP contribution is -2.36. The first-order chi connectivity index (χ1) is 12.3. The summed E-state index contributed by atoms with van der Waals surface area (Å²) in [6.45, 7) is 5.50. The molecule has 0 unspecified atom stereocenters. The van der Waals surface area contributed by atoms with Gasteiger partial charge in [-0.05, 0) is 51.9 Å². The predicted octanol–water partition coefficient (Wildman–Crippen LogP) is 2.85. The van der Waals surface area contributed by atoms with Crippen LogP contribution in [0.2, 0.25) is 0 Å². The van der Waals surface area contributed by atoms with Gasteiger partial charge in [-0.25, -0.2) is 0 Å². The lowest BCUT2D eigenvalue weighted by Gasteiger charge is -2.33. The molecule has 1 aliphatic heterocycles. The van der Waals surface area contributed by atoms with Crippen molar-refractivity contribution >= 4 is 17.3 Å². The topological polar surface area (TPSA) is 69.9 Å². The van der Waals surface area contributed by atoms with E-state index in [0.29, 0.717) is 18.0 Å². The Bertz CT molecular complexity index is 640. The third-order valence-electron chi connectivity index (χ3n) is 4.99. The normalized spacial score (nSPS) is 15.3. The van der Waals surface area contributed by atoms with E-state index in [2.05, 4.69) is 16.7 Å². The molecule has 0 atom stereocenters. The summed E-state index contributed by atoms with van der Waals surface area (Å²) in [5.41, 5.74) is 1.21. The van der Waals surface area contributed by atoms with E-state index in [9.17, 15) is 14.9 Å². The maximum atomic E-state index is 13.0. The number of amides is 1. The highest BCUT2D eigenvalue weighted by Crippen LogP contribution is 2.30. The largest absolute Gasteiger partial charge is 0.371 e. The molecular formula is C19H30N4O3. The number of non-ortho nitro benzene ring substituents is 1. The molecule has 1 amide bonds. The van der Waals surface area contributed by atoms with Crippen LogP contribution in [-0.4, -0.2) is 68.0 Å². The van der Waals surface area contributed by atoms with Gasteiger partial charge in [-0.2, -0.15) is 0 Å². The van der Waals surface area contributed by atoms with E-state index in [4.69, 9.17) is 0 Å². The van der Waals surface area contributed by atoms with Crippen LogP contribution >= 0.6 is 0 Å². The first kappa shape index (κ1) is 20.2. The van der Waals surface area contributed by atoms with Crippen molar-refractivity contribution in [2.24, 2.45) is 5.92 Å². The van der Waals surface area contributed by atoms with Gasteiger partial charge < -0.3 is 14.7 Å². The lowest BCUT2D eigenvalue weighted by molar-refractivity contribution is -0.384. The van der Waals surface area contributed by atoms with Gasteiger partial charge in [0.15, 0.2) is 0 Å². The van der Waals surface area contributed by atoms with Crippen LogP contribution < -0.4 is 4.90 Å². The molecule has 1 aliphatic rings. The predicted molar refractivity (Wildman–Crippen MR) is 104 cm³/mol. The number of hydrogen-bond donors (Lipinski definition) is 0. The van der Waals surface area contributed by atoms with Crippen LogP contribution in [0.1, 0.15) is 36.5 Å². The van der Waals surface area contributed by atoms with Crippen LogP contribution in [0, 0.1) is 16.0 Å². The summed E-state index contributed by atoms with van der Waals surface area (Å²) in [5, 5.41) is 11.2. The number of nitro benzene ring substituents is 1. The Balaban J connectivity index is 2.23. The van der Waals surface area contributed by atoms with Gasteiger partial charge in [0.05, 0.1) is 16.2 Å². The van der Waals surface area contributed by atoms with Crippen molar-refractivity contribution in [2.75, 3.05) is 52.2 Å². The molecule has 26 heavy (non-hydrogen) atoms. The fraction of sp³-hybridized carbons (Fsp3) is 0.632. The number of benzene rings is 1. The number of rotatable bonds is 7. The average molecular weight is 362 g/mol. The minimum absolute atomic E-state index is 0.0378. The molecule has 0 saturated carbocycles. The molecule has 1 aromatic carbocycles. The van der Waals surface area contributed by atoms with Gasteiger partial charge in [-0.3, -0.25) is 14.9 Å². The van der Waals surface area contributed by atoms with Crippen LogP contribution in [0.4, 0.5) is 11.4 Å². The van der Waals surface area contributed by atoms with Crippen molar-refractivity contribution in [3.8, 4) is 0 Å². The first-order valence-corrected chi connectivity index (χ1v) is 9.23. The number of piperidine rings is 1. The number of hydrogen-bond acceptors (Lipinski definition) is 5. The minimum Gasteiger partial charge on any atom is -0.371 e. The zero-order valence-corrected chi connectivity index (χ0v) is 16.3. The second-order valence-electron chi connectivity index (χ2n) is 7.51. The van der Waals surface area contributed by atoms with Gasteiger partial charge in [-0.15, -0.1) is 0 Å². The van der Waals surface area contributed by atoms with Crippen LogP contribution in [0.3, 0.4) is 0 Å². The molecule has 1 saturated heterocycles.